The number of benzene rings is 2. The number of anilines is 1. The van der Waals surface area contributed by atoms with Crippen LogP contribution in [0.3, 0.4) is 0 Å². The van der Waals surface area contributed by atoms with Crippen LogP contribution in [0, 0.1) is 11.8 Å². The summed E-state index contributed by atoms with van der Waals surface area (Å²) in [4.78, 5) is 48.6. The van der Waals surface area contributed by atoms with Crippen molar-refractivity contribution in [3.8, 4) is 0 Å². The predicted molar refractivity (Wildman–Crippen MR) is 174 cm³/mol. The molecule has 1 spiro atoms. The first-order valence-corrected chi connectivity index (χ1v) is 16.7. The molecule has 6 atom stereocenters. The van der Waals surface area contributed by atoms with Crippen molar-refractivity contribution < 1.29 is 19.5 Å². The fourth-order valence-corrected chi connectivity index (χ4v) is 10.8. The highest BCUT2D eigenvalue weighted by Crippen LogP contribution is 2.68. The third-order valence-electron chi connectivity index (χ3n) is 8.89. The third-order valence-corrected chi connectivity index (χ3v) is 12.1. The van der Waals surface area contributed by atoms with Crippen molar-refractivity contribution in [1.29, 1.82) is 0 Å². The number of likely N-dealkylation sites (tertiary alicyclic amines) is 1. The van der Waals surface area contributed by atoms with Gasteiger partial charge in [0.25, 0.3) is 5.91 Å². The lowest BCUT2D eigenvalue weighted by Gasteiger charge is -2.38. The Labute approximate surface area is 261 Å². The van der Waals surface area contributed by atoms with Crippen molar-refractivity contribution in [3.05, 3.63) is 67.8 Å². The normalized spacial score (nSPS) is 27.7. The molecule has 0 aliphatic carbocycles. The zero-order valence-corrected chi connectivity index (χ0v) is 26.6. The van der Waals surface area contributed by atoms with Gasteiger partial charge < -0.3 is 19.8 Å². The van der Waals surface area contributed by atoms with Crippen molar-refractivity contribution >= 4 is 61.9 Å². The van der Waals surface area contributed by atoms with E-state index < -0.39 is 22.6 Å². The molecule has 3 heterocycles. The molecule has 2 aromatic carbocycles. The molecule has 2 bridgehead atoms. The summed E-state index contributed by atoms with van der Waals surface area (Å²) in [6.45, 7) is 11.5. The Bertz CT molecular complexity index is 1370. The van der Waals surface area contributed by atoms with E-state index in [1.807, 2.05) is 54.3 Å². The van der Waals surface area contributed by atoms with Gasteiger partial charge in [-0.05, 0) is 48.6 Å². The molecule has 3 unspecified atom stereocenters. The predicted octanol–water partition coefficient (Wildman–Crippen LogP) is 5.02. The van der Waals surface area contributed by atoms with Crippen LogP contribution in [0.2, 0.25) is 0 Å². The van der Waals surface area contributed by atoms with Crippen molar-refractivity contribution in [2.75, 3.05) is 37.7 Å². The molecule has 0 aromatic heterocycles. The summed E-state index contributed by atoms with van der Waals surface area (Å²) in [6.07, 6.45) is 6.00. The largest absolute Gasteiger partial charge is 0.396 e. The monoisotopic (exact) mass is 653 g/mol. The molecule has 1 N–H and O–H groups in total. The molecular formula is C33H40BrN3O4S. The maximum absolute atomic E-state index is 14.8. The Morgan fingerprint density at radius 3 is 2.55 bits per heavy atom. The molecule has 7 nitrogen and oxygen atoms in total. The van der Waals surface area contributed by atoms with E-state index in [4.69, 9.17) is 0 Å². The zero-order chi connectivity index (χ0) is 30.0. The standard InChI is InChI=1S/C33H40BrN3O4S/c1-4-15-35(16-5-2)30(39)26-27-31(40)37(18-9-10-19-38)29(33(27)21-25(34)28(26)42-33)32(41)36(17-6-3)24-14-13-22-11-7-8-12-23(22)20-24/h4,6-8,11-14,20,25-29,38H,1,3,5,9-10,15-19,21H2,2H3/t25?,26-,27-,28-,29?,33?/m0/s1. The first kappa shape index (κ1) is 30.8. The number of nitrogens with zero attached hydrogens (tertiary/aromatic N) is 3. The second-order valence-electron chi connectivity index (χ2n) is 11.5. The fraction of sp³-hybridized carbons (Fsp3) is 0.485. The Hall–Kier alpha value is -2.62. The highest BCUT2D eigenvalue weighted by atomic mass is 79.9. The minimum atomic E-state index is -0.730. The van der Waals surface area contributed by atoms with Gasteiger partial charge in [-0.3, -0.25) is 14.4 Å². The molecule has 3 aliphatic rings. The zero-order valence-electron chi connectivity index (χ0n) is 24.2. The second kappa shape index (κ2) is 12.9. The van der Waals surface area contributed by atoms with Crippen LogP contribution in [0.15, 0.2) is 67.8 Å². The number of rotatable bonds is 13. The summed E-state index contributed by atoms with van der Waals surface area (Å²) in [6, 6.07) is 13.3. The van der Waals surface area contributed by atoms with Gasteiger partial charge >= 0.3 is 0 Å². The second-order valence-corrected chi connectivity index (χ2v) is 14.2. The van der Waals surface area contributed by atoms with Crippen LogP contribution >= 0.6 is 27.7 Å². The topological polar surface area (TPSA) is 81.2 Å². The number of carbonyl (C=O) groups excluding carboxylic acids is 3. The molecular weight excluding hydrogens is 614 g/mol. The number of halogens is 1. The summed E-state index contributed by atoms with van der Waals surface area (Å²) in [5.74, 6) is -1.39. The average molecular weight is 655 g/mol. The lowest BCUT2D eigenvalue weighted by atomic mass is 9.70. The maximum Gasteiger partial charge on any atom is 0.251 e. The van der Waals surface area contributed by atoms with Gasteiger partial charge in [-0.2, -0.15) is 0 Å². The molecule has 3 fully saturated rings. The number of carbonyl (C=O) groups is 3. The highest BCUT2D eigenvalue weighted by molar-refractivity contribution is 9.09. The molecule has 3 amide bonds. The number of thioether (sulfide) groups is 1. The molecule has 224 valence electrons. The maximum atomic E-state index is 14.8. The molecule has 0 radical (unpaired) electrons. The molecule has 9 heteroatoms. The van der Waals surface area contributed by atoms with Gasteiger partial charge in [-0.1, -0.05) is 65.3 Å². The van der Waals surface area contributed by atoms with Crippen LogP contribution in [-0.4, -0.2) is 86.3 Å². The highest BCUT2D eigenvalue weighted by Gasteiger charge is 2.76. The van der Waals surface area contributed by atoms with Gasteiger partial charge in [0.15, 0.2) is 0 Å². The van der Waals surface area contributed by atoms with E-state index in [0.29, 0.717) is 45.4 Å². The SMILES string of the molecule is C=CCN(CCC)C(=O)[C@H]1[C@H]2C(=O)N(CCCCO)C(C(=O)N(CC=C)c3ccc4ccccc4c3)C23CC(Br)[C@@H]1S3. The minimum absolute atomic E-state index is 0.00826. The van der Waals surface area contributed by atoms with Gasteiger partial charge in [0.1, 0.15) is 6.04 Å². The number of alkyl halides is 1. The van der Waals surface area contributed by atoms with E-state index in [-0.39, 0.29) is 34.4 Å². The van der Waals surface area contributed by atoms with Crippen LogP contribution in [0.25, 0.3) is 10.8 Å². The van der Waals surface area contributed by atoms with E-state index in [9.17, 15) is 19.5 Å². The van der Waals surface area contributed by atoms with Crippen LogP contribution < -0.4 is 4.90 Å². The summed E-state index contributed by atoms with van der Waals surface area (Å²) in [5, 5.41) is 11.5. The molecule has 0 saturated carbocycles. The number of amides is 3. The van der Waals surface area contributed by atoms with Crippen LogP contribution in [-0.2, 0) is 14.4 Å². The Morgan fingerprint density at radius 2 is 1.86 bits per heavy atom. The van der Waals surface area contributed by atoms with Crippen molar-refractivity contribution in [2.45, 2.75) is 53.5 Å². The number of aliphatic hydroxyl groups is 1. The van der Waals surface area contributed by atoms with E-state index in [0.717, 1.165) is 22.9 Å². The van der Waals surface area contributed by atoms with Crippen molar-refractivity contribution in [1.82, 2.24) is 9.80 Å². The van der Waals surface area contributed by atoms with Gasteiger partial charge in [0.2, 0.25) is 11.8 Å². The van der Waals surface area contributed by atoms with E-state index in [1.165, 1.54) is 0 Å². The fourth-order valence-electron chi connectivity index (χ4n) is 7.20. The number of fused-ring (bicyclic) bond motifs is 2. The van der Waals surface area contributed by atoms with E-state index in [1.54, 1.807) is 33.7 Å². The Morgan fingerprint density at radius 1 is 1.12 bits per heavy atom. The molecule has 5 rings (SSSR count). The van der Waals surface area contributed by atoms with Gasteiger partial charge in [0.05, 0.1) is 16.6 Å². The Kier molecular flexibility index (Phi) is 9.50. The first-order valence-electron chi connectivity index (χ1n) is 14.9. The quantitative estimate of drug-likeness (QED) is 0.187. The van der Waals surface area contributed by atoms with Gasteiger partial charge in [0, 0.05) is 48.6 Å². The number of hydrogen-bond donors (Lipinski definition) is 1. The van der Waals surface area contributed by atoms with Crippen molar-refractivity contribution in [3.63, 3.8) is 0 Å². The molecule has 42 heavy (non-hydrogen) atoms. The van der Waals surface area contributed by atoms with E-state index in [2.05, 4.69) is 29.1 Å². The lowest BCUT2D eigenvalue weighted by Crippen LogP contribution is -2.56. The molecule has 3 saturated heterocycles. The number of hydrogen-bond acceptors (Lipinski definition) is 5. The number of aliphatic hydroxyl groups excluding tert-OH is 1. The number of unbranched alkanes of at least 4 members (excludes halogenated alkanes) is 1. The summed E-state index contributed by atoms with van der Waals surface area (Å²) in [7, 11) is 0. The minimum Gasteiger partial charge on any atom is -0.396 e. The average Bonchev–Trinajstić information content (AvgIpc) is 3.58. The third kappa shape index (κ3) is 5.22. The van der Waals surface area contributed by atoms with Crippen LogP contribution in [0.1, 0.15) is 32.6 Å². The smallest absolute Gasteiger partial charge is 0.251 e. The van der Waals surface area contributed by atoms with Crippen molar-refractivity contribution in [2.24, 2.45) is 11.8 Å². The van der Waals surface area contributed by atoms with Crippen LogP contribution in [0.4, 0.5) is 5.69 Å². The molecule has 3 aliphatic heterocycles. The van der Waals surface area contributed by atoms with E-state index >= 15 is 0 Å². The van der Waals surface area contributed by atoms with Gasteiger partial charge in [-0.15, -0.1) is 24.9 Å². The first-order chi connectivity index (χ1) is 20.3. The molecule has 2 aromatic rings. The summed E-state index contributed by atoms with van der Waals surface area (Å²) >= 11 is 5.53. The van der Waals surface area contributed by atoms with Crippen LogP contribution in [0.5, 0.6) is 0 Å². The summed E-state index contributed by atoms with van der Waals surface area (Å²) < 4.78 is -0.727. The Balaban J connectivity index is 1.57. The lowest BCUT2D eigenvalue weighted by molar-refractivity contribution is -0.143. The van der Waals surface area contributed by atoms with Gasteiger partial charge in [-0.25, -0.2) is 0 Å². The summed E-state index contributed by atoms with van der Waals surface area (Å²) in [5.41, 5.74) is 0.752.